The third-order valence-electron chi connectivity index (χ3n) is 3.05. The molecule has 0 bridgehead atoms. The van der Waals surface area contributed by atoms with Gasteiger partial charge in [-0.3, -0.25) is 4.90 Å². The zero-order chi connectivity index (χ0) is 11.8. The summed E-state index contributed by atoms with van der Waals surface area (Å²) in [4.78, 5) is 2.55. The Morgan fingerprint density at radius 1 is 1.25 bits per heavy atom. The Morgan fingerprint density at radius 2 is 1.94 bits per heavy atom. The van der Waals surface area contributed by atoms with Gasteiger partial charge in [0.1, 0.15) is 0 Å². The summed E-state index contributed by atoms with van der Waals surface area (Å²) < 4.78 is 0. The fraction of sp³-hybridized carbons (Fsp3) is 0.571. The van der Waals surface area contributed by atoms with E-state index in [9.17, 15) is 0 Å². The summed E-state index contributed by atoms with van der Waals surface area (Å²) in [7, 11) is 0. The third kappa shape index (κ3) is 4.58. The number of hydrogen-bond acceptors (Lipinski definition) is 2. The summed E-state index contributed by atoms with van der Waals surface area (Å²) in [5, 5.41) is 0. The van der Waals surface area contributed by atoms with E-state index >= 15 is 0 Å². The molecule has 0 aliphatic carbocycles. The highest BCUT2D eigenvalue weighted by molar-refractivity contribution is 7.80. The van der Waals surface area contributed by atoms with Gasteiger partial charge in [-0.1, -0.05) is 37.3 Å². The highest BCUT2D eigenvalue weighted by Gasteiger charge is 2.11. The lowest BCUT2D eigenvalue weighted by Crippen LogP contribution is -2.33. The summed E-state index contributed by atoms with van der Waals surface area (Å²) >= 11 is 4.29. The van der Waals surface area contributed by atoms with Crippen LogP contribution in [0, 0.1) is 0 Å². The summed E-state index contributed by atoms with van der Waals surface area (Å²) in [5.74, 6) is 0.974. The number of rotatable bonds is 7. The molecule has 0 heterocycles. The maximum absolute atomic E-state index is 4.29. The lowest BCUT2D eigenvalue weighted by Gasteiger charge is -2.28. The molecule has 0 saturated carbocycles. The molecular weight excluding hydrogens is 214 g/mol. The highest BCUT2D eigenvalue weighted by Crippen LogP contribution is 2.11. The fourth-order valence-electron chi connectivity index (χ4n) is 1.81. The Hall–Kier alpha value is -0.470. The van der Waals surface area contributed by atoms with E-state index in [1.165, 1.54) is 18.4 Å². The van der Waals surface area contributed by atoms with Crippen LogP contribution in [0.3, 0.4) is 0 Å². The minimum atomic E-state index is 0.653. The largest absolute Gasteiger partial charge is 0.296 e. The quantitative estimate of drug-likeness (QED) is 0.709. The number of thiol groups is 1. The van der Waals surface area contributed by atoms with Crippen molar-refractivity contribution in [2.24, 2.45) is 0 Å². The van der Waals surface area contributed by atoms with E-state index < -0.39 is 0 Å². The molecule has 0 fully saturated rings. The van der Waals surface area contributed by atoms with Crippen LogP contribution in [0.25, 0.3) is 0 Å². The van der Waals surface area contributed by atoms with Crippen LogP contribution in [0.15, 0.2) is 30.3 Å². The van der Waals surface area contributed by atoms with Crippen molar-refractivity contribution < 1.29 is 0 Å². The first-order valence-electron chi connectivity index (χ1n) is 6.16. The molecule has 1 nitrogen and oxygen atoms in total. The van der Waals surface area contributed by atoms with Crippen LogP contribution in [0.1, 0.15) is 32.3 Å². The molecule has 1 rings (SSSR count). The van der Waals surface area contributed by atoms with E-state index in [0.29, 0.717) is 6.04 Å². The second kappa shape index (κ2) is 7.75. The van der Waals surface area contributed by atoms with Gasteiger partial charge in [-0.25, -0.2) is 0 Å². The molecule has 16 heavy (non-hydrogen) atoms. The minimum absolute atomic E-state index is 0.653. The van der Waals surface area contributed by atoms with Crippen molar-refractivity contribution in [3.63, 3.8) is 0 Å². The predicted octanol–water partition coefficient (Wildman–Crippen LogP) is 3.61. The zero-order valence-electron chi connectivity index (χ0n) is 10.4. The Balaban J connectivity index is 2.56. The van der Waals surface area contributed by atoms with Crippen LogP contribution in [-0.2, 0) is 6.54 Å². The van der Waals surface area contributed by atoms with Crippen molar-refractivity contribution in [2.75, 3.05) is 12.3 Å². The molecule has 0 N–H and O–H groups in total. The number of nitrogens with zero attached hydrogens (tertiary/aromatic N) is 1. The molecule has 1 aromatic carbocycles. The van der Waals surface area contributed by atoms with Crippen LogP contribution in [0.5, 0.6) is 0 Å². The zero-order valence-corrected chi connectivity index (χ0v) is 11.3. The molecule has 1 aromatic rings. The Morgan fingerprint density at radius 3 is 2.50 bits per heavy atom. The highest BCUT2D eigenvalue weighted by atomic mass is 32.1. The molecular formula is C14H23NS. The molecule has 0 aliphatic heterocycles. The van der Waals surface area contributed by atoms with Crippen LogP contribution < -0.4 is 0 Å². The first-order valence-corrected chi connectivity index (χ1v) is 6.80. The van der Waals surface area contributed by atoms with Crippen LogP contribution in [-0.4, -0.2) is 23.2 Å². The van der Waals surface area contributed by atoms with E-state index in [4.69, 9.17) is 0 Å². The van der Waals surface area contributed by atoms with Gasteiger partial charge < -0.3 is 0 Å². The van der Waals surface area contributed by atoms with Gasteiger partial charge in [0, 0.05) is 12.6 Å². The molecule has 2 heteroatoms. The van der Waals surface area contributed by atoms with Crippen molar-refractivity contribution in [1.82, 2.24) is 4.90 Å². The normalized spacial score (nSPS) is 13.0. The van der Waals surface area contributed by atoms with Crippen LogP contribution in [0.4, 0.5) is 0 Å². The van der Waals surface area contributed by atoms with Crippen molar-refractivity contribution >= 4 is 12.6 Å². The van der Waals surface area contributed by atoms with Gasteiger partial charge >= 0.3 is 0 Å². The van der Waals surface area contributed by atoms with E-state index in [1.807, 2.05) is 0 Å². The summed E-state index contributed by atoms with van der Waals surface area (Å²) in [5.41, 5.74) is 1.40. The van der Waals surface area contributed by atoms with Crippen molar-refractivity contribution in [2.45, 2.75) is 39.3 Å². The molecule has 1 unspecified atom stereocenters. The molecule has 1 atom stereocenters. The lowest BCUT2D eigenvalue weighted by molar-refractivity contribution is 0.196. The molecule has 90 valence electrons. The van der Waals surface area contributed by atoms with Gasteiger partial charge in [-0.2, -0.15) is 12.6 Å². The number of benzene rings is 1. The second-order valence-electron chi connectivity index (χ2n) is 4.29. The Labute approximate surface area is 105 Å². The monoisotopic (exact) mass is 237 g/mol. The van der Waals surface area contributed by atoms with Crippen molar-refractivity contribution in [3.05, 3.63) is 35.9 Å². The summed E-state index contributed by atoms with van der Waals surface area (Å²) in [6.07, 6.45) is 2.37. The predicted molar refractivity (Wildman–Crippen MR) is 75.1 cm³/mol. The molecule has 0 aromatic heterocycles. The maximum atomic E-state index is 4.29. The minimum Gasteiger partial charge on any atom is -0.296 e. The first kappa shape index (κ1) is 13.6. The SMILES string of the molecule is CCC(C)N(CCCS)Cc1ccccc1. The Bertz CT molecular complexity index is 273. The second-order valence-corrected chi connectivity index (χ2v) is 4.74. The van der Waals surface area contributed by atoms with Gasteiger partial charge in [0.15, 0.2) is 0 Å². The topological polar surface area (TPSA) is 3.24 Å². The van der Waals surface area contributed by atoms with E-state index in [2.05, 4.69) is 61.7 Å². The van der Waals surface area contributed by atoms with E-state index in [-0.39, 0.29) is 0 Å². The standard InChI is InChI=1S/C14H23NS/c1-3-13(2)15(10-7-11-16)12-14-8-5-4-6-9-14/h4-6,8-9,13,16H,3,7,10-12H2,1-2H3. The van der Waals surface area contributed by atoms with E-state index in [1.54, 1.807) is 0 Å². The fourth-order valence-corrected chi connectivity index (χ4v) is 1.95. The average Bonchev–Trinajstić information content (AvgIpc) is 2.34. The smallest absolute Gasteiger partial charge is 0.0236 e. The average molecular weight is 237 g/mol. The van der Waals surface area contributed by atoms with Crippen molar-refractivity contribution in [1.29, 1.82) is 0 Å². The molecule has 0 aliphatic rings. The summed E-state index contributed by atoms with van der Waals surface area (Å²) in [6, 6.07) is 11.4. The summed E-state index contributed by atoms with van der Waals surface area (Å²) in [6.45, 7) is 6.77. The van der Waals surface area contributed by atoms with Gasteiger partial charge in [0.2, 0.25) is 0 Å². The van der Waals surface area contributed by atoms with E-state index in [0.717, 1.165) is 18.8 Å². The van der Waals surface area contributed by atoms with Gasteiger partial charge in [0.25, 0.3) is 0 Å². The third-order valence-corrected chi connectivity index (χ3v) is 3.36. The van der Waals surface area contributed by atoms with Gasteiger partial charge in [-0.05, 0) is 37.6 Å². The van der Waals surface area contributed by atoms with Crippen molar-refractivity contribution in [3.8, 4) is 0 Å². The first-order chi connectivity index (χ1) is 7.77. The Kier molecular flexibility index (Phi) is 6.58. The molecule has 0 amide bonds. The molecule has 0 saturated heterocycles. The number of hydrogen-bond donors (Lipinski definition) is 1. The maximum Gasteiger partial charge on any atom is 0.0236 e. The molecule has 0 radical (unpaired) electrons. The van der Waals surface area contributed by atoms with Crippen LogP contribution >= 0.6 is 12.6 Å². The molecule has 0 spiro atoms. The lowest BCUT2D eigenvalue weighted by atomic mass is 10.1. The van der Waals surface area contributed by atoms with Crippen LogP contribution in [0.2, 0.25) is 0 Å². The van der Waals surface area contributed by atoms with Gasteiger partial charge in [-0.15, -0.1) is 0 Å². The van der Waals surface area contributed by atoms with Gasteiger partial charge in [0.05, 0.1) is 0 Å².